The predicted molar refractivity (Wildman–Crippen MR) is 78.0 cm³/mol. The molecule has 1 aromatic heterocycles. The van der Waals surface area contributed by atoms with Crippen molar-refractivity contribution in [1.29, 1.82) is 0 Å². The molecule has 0 unspecified atom stereocenters. The van der Waals surface area contributed by atoms with Gasteiger partial charge in [-0.2, -0.15) is 13.2 Å². The number of aromatic carboxylic acids is 1. The summed E-state index contributed by atoms with van der Waals surface area (Å²) >= 11 is 6.02. The Bertz CT molecular complexity index is 919. The molecule has 3 rings (SSSR count). The summed E-state index contributed by atoms with van der Waals surface area (Å²) in [6.07, 6.45) is -4.48. The Hall–Kier alpha value is -2.54. The van der Waals surface area contributed by atoms with Crippen molar-refractivity contribution in [2.75, 3.05) is 0 Å². The largest absolute Gasteiger partial charge is 0.478 e. The Kier molecular flexibility index (Phi) is 3.52. The zero-order valence-corrected chi connectivity index (χ0v) is 12.1. The van der Waals surface area contributed by atoms with E-state index >= 15 is 0 Å². The number of carboxylic acids is 1. The fraction of sp³-hybridized carbons (Fsp3) is 0.0667. The van der Waals surface area contributed by atoms with Gasteiger partial charge in [0.05, 0.1) is 22.2 Å². The molecule has 0 aliphatic heterocycles. The van der Waals surface area contributed by atoms with Crippen LogP contribution in [0.4, 0.5) is 13.2 Å². The van der Waals surface area contributed by atoms with Crippen LogP contribution in [0.25, 0.3) is 16.7 Å². The zero-order chi connectivity index (χ0) is 16.8. The first-order valence-electron chi connectivity index (χ1n) is 6.36. The van der Waals surface area contributed by atoms with Crippen molar-refractivity contribution < 1.29 is 23.1 Å². The third-order valence-corrected chi connectivity index (χ3v) is 3.55. The highest BCUT2D eigenvalue weighted by Crippen LogP contribution is 2.33. The summed E-state index contributed by atoms with van der Waals surface area (Å²) in [6, 6.07) is 8.97. The number of carboxylic acid groups (broad SMARTS) is 1. The molecule has 0 fully saturated rings. The minimum absolute atomic E-state index is 0.0346. The predicted octanol–water partition coefficient (Wildman–Crippen LogP) is 4.40. The number of hydrogen-bond donors (Lipinski definition) is 1. The lowest BCUT2D eigenvalue weighted by molar-refractivity contribution is -0.137. The summed E-state index contributed by atoms with van der Waals surface area (Å²) in [5.41, 5.74) is 0.0335. The van der Waals surface area contributed by atoms with Crippen LogP contribution in [0.2, 0.25) is 5.28 Å². The highest BCUT2D eigenvalue weighted by atomic mass is 35.5. The lowest BCUT2D eigenvalue weighted by Gasteiger charge is -2.08. The van der Waals surface area contributed by atoms with Gasteiger partial charge >= 0.3 is 12.1 Å². The third kappa shape index (κ3) is 2.75. The third-order valence-electron chi connectivity index (χ3n) is 3.29. The van der Waals surface area contributed by atoms with Crippen molar-refractivity contribution in [3.8, 4) is 5.69 Å². The highest BCUT2D eigenvalue weighted by molar-refractivity contribution is 6.29. The molecular weight excluding hydrogens is 333 g/mol. The number of halogens is 4. The van der Waals surface area contributed by atoms with E-state index in [-0.39, 0.29) is 16.4 Å². The van der Waals surface area contributed by atoms with E-state index < -0.39 is 17.7 Å². The number of alkyl halides is 3. The van der Waals surface area contributed by atoms with Gasteiger partial charge in [0.15, 0.2) is 0 Å². The minimum Gasteiger partial charge on any atom is -0.478 e. The number of carbonyl (C=O) groups is 1. The molecule has 1 N–H and O–H groups in total. The average Bonchev–Trinajstić information content (AvgIpc) is 2.81. The second kappa shape index (κ2) is 5.27. The lowest BCUT2D eigenvalue weighted by atomic mass is 10.1. The van der Waals surface area contributed by atoms with Crippen LogP contribution >= 0.6 is 11.6 Å². The van der Waals surface area contributed by atoms with E-state index in [1.54, 1.807) is 6.07 Å². The molecule has 0 radical (unpaired) electrons. The van der Waals surface area contributed by atoms with Crippen molar-refractivity contribution in [2.24, 2.45) is 0 Å². The highest BCUT2D eigenvalue weighted by Gasteiger charge is 2.31. The van der Waals surface area contributed by atoms with Crippen LogP contribution in [0.1, 0.15) is 15.9 Å². The Labute approximate surface area is 132 Å². The molecule has 0 atom stereocenters. The molecule has 0 bridgehead atoms. The van der Waals surface area contributed by atoms with Crippen LogP contribution in [0, 0.1) is 0 Å². The molecule has 3 aromatic rings. The van der Waals surface area contributed by atoms with E-state index in [1.165, 1.54) is 28.8 Å². The summed E-state index contributed by atoms with van der Waals surface area (Å²) in [4.78, 5) is 15.0. The number of rotatable bonds is 2. The van der Waals surface area contributed by atoms with Crippen LogP contribution in [0.15, 0.2) is 42.5 Å². The van der Waals surface area contributed by atoms with Gasteiger partial charge in [-0.25, -0.2) is 9.78 Å². The Morgan fingerprint density at radius 2 is 1.91 bits per heavy atom. The topological polar surface area (TPSA) is 55.1 Å². The smallest absolute Gasteiger partial charge is 0.416 e. The number of fused-ring (bicyclic) bond motifs is 1. The summed E-state index contributed by atoms with van der Waals surface area (Å²) in [7, 11) is 0. The van der Waals surface area contributed by atoms with Gasteiger partial charge in [-0.1, -0.05) is 6.07 Å². The molecule has 0 spiro atoms. The quantitative estimate of drug-likeness (QED) is 0.752. The number of aromatic nitrogens is 2. The maximum atomic E-state index is 12.8. The first-order chi connectivity index (χ1) is 10.8. The molecule has 4 nitrogen and oxygen atoms in total. The van der Waals surface area contributed by atoms with Gasteiger partial charge in [-0.15, -0.1) is 0 Å². The van der Waals surface area contributed by atoms with Crippen molar-refractivity contribution >= 4 is 28.6 Å². The van der Waals surface area contributed by atoms with Crippen molar-refractivity contribution in [3.63, 3.8) is 0 Å². The first-order valence-corrected chi connectivity index (χ1v) is 6.74. The van der Waals surface area contributed by atoms with E-state index in [0.29, 0.717) is 11.2 Å². The second-order valence-corrected chi connectivity index (χ2v) is 5.11. The molecule has 23 heavy (non-hydrogen) atoms. The Morgan fingerprint density at radius 3 is 2.57 bits per heavy atom. The van der Waals surface area contributed by atoms with E-state index in [2.05, 4.69) is 4.98 Å². The van der Waals surface area contributed by atoms with Crippen LogP contribution in [0.5, 0.6) is 0 Å². The summed E-state index contributed by atoms with van der Waals surface area (Å²) in [5.74, 6) is -1.12. The Balaban J connectivity index is 2.21. The van der Waals surface area contributed by atoms with E-state index in [1.807, 2.05) is 0 Å². The molecule has 0 saturated carbocycles. The van der Waals surface area contributed by atoms with Gasteiger partial charge in [-0.05, 0) is 48.0 Å². The van der Waals surface area contributed by atoms with Gasteiger partial charge in [0.2, 0.25) is 5.28 Å². The summed E-state index contributed by atoms with van der Waals surface area (Å²) in [6.45, 7) is 0. The van der Waals surface area contributed by atoms with Gasteiger partial charge in [0, 0.05) is 5.69 Å². The first kappa shape index (κ1) is 15.4. The van der Waals surface area contributed by atoms with Crippen molar-refractivity contribution in [2.45, 2.75) is 6.18 Å². The molecule has 0 saturated heterocycles. The fourth-order valence-corrected chi connectivity index (χ4v) is 2.53. The maximum absolute atomic E-state index is 12.8. The number of imidazole rings is 1. The van der Waals surface area contributed by atoms with Crippen LogP contribution in [-0.4, -0.2) is 20.6 Å². The second-order valence-electron chi connectivity index (χ2n) is 4.77. The molecule has 8 heteroatoms. The van der Waals surface area contributed by atoms with Crippen molar-refractivity contribution in [3.05, 3.63) is 58.9 Å². The standard InChI is InChI=1S/C15H8ClF3N2O2/c16-14-20-11-7-9(15(17,18)19)4-5-12(11)21(14)10-3-1-2-8(6-10)13(22)23/h1-7H,(H,22,23). The zero-order valence-electron chi connectivity index (χ0n) is 11.3. The van der Waals surface area contributed by atoms with Gasteiger partial charge < -0.3 is 5.11 Å². The van der Waals surface area contributed by atoms with Crippen LogP contribution in [-0.2, 0) is 6.18 Å². The monoisotopic (exact) mass is 340 g/mol. The normalized spacial score (nSPS) is 11.8. The number of nitrogens with zero attached hydrogens (tertiary/aromatic N) is 2. The SMILES string of the molecule is O=C(O)c1cccc(-n2c(Cl)nc3cc(C(F)(F)F)ccc32)c1. The lowest BCUT2D eigenvalue weighted by Crippen LogP contribution is -2.04. The number of benzene rings is 2. The average molecular weight is 341 g/mol. The minimum atomic E-state index is -4.48. The molecular formula is C15H8ClF3N2O2. The van der Waals surface area contributed by atoms with Crippen molar-refractivity contribution in [1.82, 2.24) is 9.55 Å². The fourth-order valence-electron chi connectivity index (χ4n) is 2.25. The van der Waals surface area contributed by atoms with Gasteiger partial charge in [0.25, 0.3) is 0 Å². The Morgan fingerprint density at radius 1 is 1.17 bits per heavy atom. The molecule has 0 aliphatic rings. The molecule has 0 amide bonds. The van der Waals surface area contributed by atoms with Crippen LogP contribution in [0.3, 0.4) is 0 Å². The molecule has 0 aliphatic carbocycles. The van der Waals surface area contributed by atoms with Crippen LogP contribution < -0.4 is 0 Å². The van der Waals surface area contributed by atoms with Gasteiger partial charge in [-0.3, -0.25) is 4.57 Å². The van der Waals surface area contributed by atoms with E-state index in [4.69, 9.17) is 16.7 Å². The summed E-state index contributed by atoms with van der Waals surface area (Å²) < 4.78 is 39.7. The molecule has 2 aromatic carbocycles. The van der Waals surface area contributed by atoms with E-state index in [0.717, 1.165) is 12.1 Å². The molecule has 118 valence electrons. The van der Waals surface area contributed by atoms with E-state index in [9.17, 15) is 18.0 Å². The molecule has 1 heterocycles. The summed E-state index contributed by atoms with van der Waals surface area (Å²) in [5, 5.41) is 8.98. The van der Waals surface area contributed by atoms with Gasteiger partial charge in [0.1, 0.15) is 0 Å². The number of hydrogen-bond acceptors (Lipinski definition) is 2. The maximum Gasteiger partial charge on any atom is 0.416 e.